The van der Waals surface area contributed by atoms with E-state index in [1.807, 2.05) is 6.92 Å². The van der Waals surface area contributed by atoms with Gasteiger partial charge < -0.3 is 16.0 Å². The molecule has 4 N–H and O–H groups in total. The predicted octanol–water partition coefficient (Wildman–Crippen LogP) is 0.856. The Morgan fingerprint density at radius 3 is 2.27 bits per heavy atom. The smallest absolute Gasteiger partial charge is 0.157 e. The fourth-order valence-electron chi connectivity index (χ4n) is 1.51. The van der Waals surface area contributed by atoms with Crippen LogP contribution in [0.2, 0.25) is 0 Å². The number of nitrogen functional groups attached to an aromatic ring is 2. The van der Waals surface area contributed by atoms with E-state index in [1.54, 1.807) is 18.7 Å². The molecule has 0 atom stereocenters. The minimum Gasteiger partial charge on any atom is -0.395 e. The van der Waals surface area contributed by atoms with Gasteiger partial charge in [0.15, 0.2) is 11.5 Å². The summed E-state index contributed by atoms with van der Waals surface area (Å²) in [5.41, 5.74) is 14.8. The molecule has 80 valence electrons. The molecule has 0 aliphatic rings. The van der Waals surface area contributed by atoms with E-state index in [9.17, 15) is 0 Å². The first-order valence-electron chi connectivity index (χ1n) is 4.53. The van der Waals surface area contributed by atoms with Gasteiger partial charge in [0.1, 0.15) is 11.4 Å². The minimum atomic E-state index is 0.504. The van der Waals surface area contributed by atoms with Gasteiger partial charge in [-0.3, -0.25) is 4.68 Å². The highest BCUT2D eigenvalue weighted by atomic mass is 16.5. The normalized spacial score (nSPS) is 10.9. The van der Waals surface area contributed by atoms with Crippen molar-refractivity contribution in [1.82, 2.24) is 14.9 Å². The summed E-state index contributed by atoms with van der Waals surface area (Å²) < 4.78 is 6.65. The molecule has 2 aromatic heterocycles. The molecule has 0 bridgehead atoms. The van der Waals surface area contributed by atoms with Gasteiger partial charge in [-0.2, -0.15) is 5.10 Å². The number of anilines is 2. The Balaban J connectivity index is 2.68. The Morgan fingerprint density at radius 1 is 1.20 bits per heavy atom. The van der Waals surface area contributed by atoms with Crippen LogP contribution >= 0.6 is 0 Å². The lowest BCUT2D eigenvalue weighted by Gasteiger charge is -1.99. The number of rotatable bonds is 1. The average Bonchev–Trinajstić information content (AvgIpc) is 2.60. The zero-order chi connectivity index (χ0) is 11.2. The third-order valence-electron chi connectivity index (χ3n) is 2.40. The van der Waals surface area contributed by atoms with E-state index in [-0.39, 0.29) is 0 Å². The molecule has 2 heterocycles. The Kier molecular flexibility index (Phi) is 1.92. The first kappa shape index (κ1) is 9.57. The Hall–Kier alpha value is -1.98. The second-order valence-electron chi connectivity index (χ2n) is 3.47. The topological polar surface area (TPSA) is 95.9 Å². The van der Waals surface area contributed by atoms with Gasteiger partial charge in [-0.1, -0.05) is 5.16 Å². The summed E-state index contributed by atoms with van der Waals surface area (Å²) in [5.74, 6) is 0.586. The van der Waals surface area contributed by atoms with Crippen molar-refractivity contribution in [2.75, 3.05) is 11.5 Å². The third-order valence-corrected chi connectivity index (χ3v) is 2.40. The number of aryl methyl sites for hydroxylation is 3. The molecule has 0 radical (unpaired) electrons. The molecule has 2 aromatic rings. The first-order valence-corrected chi connectivity index (χ1v) is 4.53. The monoisotopic (exact) mass is 207 g/mol. The summed E-state index contributed by atoms with van der Waals surface area (Å²) >= 11 is 0. The molecule has 0 fully saturated rings. The van der Waals surface area contributed by atoms with Crippen molar-refractivity contribution in [3.8, 4) is 11.4 Å². The van der Waals surface area contributed by atoms with Crippen molar-refractivity contribution in [1.29, 1.82) is 0 Å². The van der Waals surface area contributed by atoms with Crippen molar-refractivity contribution in [2.24, 2.45) is 7.05 Å². The summed E-state index contributed by atoms with van der Waals surface area (Å²) in [6, 6.07) is 0. The molecule has 6 nitrogen and oxygen atoms in total. The van der Waals surface area contributed by atoms with E-state index < -0.39 is 0 Å². The predicted molar refractivity (Wildman–Crippen MR) is 57.0 cm³/mol. The SMILES string of the molecule is Cc1nn(C)c(-c2noc(C)c2N)c1N. The molecule has 0 spiro atoms. The first-order chi connectivity index (χ1) is 7.02. The van der Waals surface area contributed by atoms with Crippen LogP contribution in [0.5, 0.6) is 0 Å². The molecule has 15 heavy (non-hydrogen) atoms. The molecule has 0 saturated heterocycles. The second kappa shape index (κ2) is 3.01. The lowest BCUT2D eigenvalue weighted by Crippen LogP contribution is -1.98. The van der Waals surface area contributed by atoms with Crippen LogP contribution in [-0.2, 0) is 7.05 Å². The summed E-state index contributed by atoms with van der Waals surface area (Å²) in [7, 11) is 1.79. The molecule has 2 rings (SSSR count). The van der Waals surface area contributed by atoms with Crippen molar-refractivity contribution in [2.45, 2.75) is 13.8 Å². The molecule has 0 unspecified atom stereocenters. The fraction of sp³-hybridized carbons (Fsp3) is 0.333. The van der Waals surface area contributed by atoms with E-state index in [2.05, 4.69) is 10.3 Å². The molecule has 0 aliphatic carbocycles. The largest absolute Gasteiger partial charge is 0.395 e. The van der Waals surface area contributed by atoms with Gasteiger partial charge in [0.25, 0.3) is 0 Å². The lowest BCUT2D eigenvalue weighted by molar-refractivity contribution is 0.400. The highest BCUT2D eigenvalue weighted by molar-refractivity contribution is 5.80. The summed E-state index contributed by atoms with van der Waals surface area (Å²) in [4.78, 5) is 0. The standard InChI is InChI=1S/C9H13N5O/c1-4-6(10)9(14(3)12-4)8-7(11)5(2)15-13-8/h10-11H2,1-3H3. The van der Waals surface area contributed by atoms with Crippen LogP contribution < -0.4 is 11.5 Å². The highest BCUT2D eigenvalue weighted by Gasteiger charge is 2.19. The Bertz CT molecular complexity index is 511. The third kappa shape index (κ3) is 1.25. The van der Waals surface area contributed by atoms with Gasteiger partial charge in [0.2, 0.25) is 0 Å². The Labute approximate surface area is 86.8 Å². The van der Waals surface area contributed by atoms with E-state index in [4.69, 9.17) is 16.0 Å². The fourth-order valence-corrected chi connectivity index (χ4v) is 1.51. The maximum absolute atomic E-state index is 5.89. The number of nitrogens with two attached hydrogens (primary N) is 2. The molecular weight excluding hydrogens is 194 g/mol. The van der Waals surface area contributed by atoms with E-state index >= 15 is 0 Å². The lowest BCUT2D eigenvalue weighted by atomic mass is 10.2. The quantitative estimate of drug-likeness (QED) is 0.722. The molecule has 6 heteroatoms. The van der Waals surface area contributed by atoms with E-state index in [0.29, 0.717) is 28.5 Å². The van der Waals surface area contributed by atoms with Crippen molar-refractivity contribution < 1.29 is 4.52 Å². The molecule has 0 aliphatic heterocycles. The van der Waals surface area contributed by atoms with Crippen molar-refractivity contribution in [3.63, 3.8) is 0 Å². The maximum Gasteiger partial charge on any atom is 0.157 e. The molecular formula is C9H13N5O. The van der Waals surface area contributed by atoms with Gasteiger partial charge in [-0.05, 0) is 13.8 Å². The van der Waals surface area contributed by atoms with Crippen LogP contribution in [0.3, 0.4) is 0 Å². The Morgan fingerprint density at radius 2 is 1.87 bits per heavy atom. The van der Waals surface area contributed by atoms with Crippen LogP contribution in [0.4, 0.5) is 11.4 Å². The van der Waals surface area contributed by atoms with Gasteiger partial charge in [0, 0.05) is 7.05 Å². The molecule has 0 amide bonds. The van der Waals surface area contributed by atoms with Crippen LogP contribution in [0, 0.1) is 13.8 Å². The summed E-state index contributed by atoms with van der Waals surface area (Å²) in [5, 5.41) is 8.07. The van der Waals surface area contributed by atoms with Crippen LogP contribution in [0.15, 0.2) is 4.52 Å². The number of nitrogens with zero attached hydrogens (tertiary/aromatic N) is 3. The number of hydrogen-bond donors (Lipinski definition) is 2. The summed E-state index contributed by atoms with van der Waals surface area (Å²) in [6.07, 6.45) is 0. The zero-order valence-corrected chi connectivity index (χ0v) is 8.90. The molecule has 0 aromatic carbocycles. The zero-order valence-electron chi connectivity index (χ0n) is 8.90. The van der Waals surface area contributed by atoms with Gasteiger partial charge in [0.05, 0.1) is 11.4 Å². The van der Waals surface area contributed by atoms with E-state index in [0.717, 1.165) is 5.69 Å². The number of aromatic nitrogens is 3. The van der Waals surface area contributed by atoms with Crippen LogP contribution in [-0.4, -0.2) is 14.9 Å². The van der Waals surface area contributed by atoms with Gasteiger partial charge in [-0.15, -0.1) is 0 Å². The summed E-state index contributed by atoms with van der Waals surface area (Å²) in [6.45, 7) is 3.59. The maximum atomic E-state index is 5.89. The van der Waals surface area contributed by atoms with Crippen molar-refractivity contribution >= 4 is 11.4 Å². The minimum absolute atomic E-state index is 0.504. The average molecular weight is 207 g/mol. The van der Waals surface area contributed by atoms with Gasteiger partial charge >= 0.3 is 0 Å². The van der Waals surface area contributed by atoms with Gasteiger partial charge in [-0.25, -0.2) is 0 Å². The van der Waals surface area contributed by atoms with Crippen LogP contribution in [0.1, 0.15) is 11.5 Å². The van der Waals surface area contributed by atoms with Crippen LogP contribution in [0.25, 0.3) is 11.4 Å². The number of hydrogen-bond acceptors (Lipinski definition) is 5. The second-order valence-corrected chi connectivity index (χ2v) is 3.47. The van der Waals surface area contributed by atoms with Crippen molar-refractivity contribution in [3.05, 3.63) is 11.5 Å². The highest BCUT2D eigenvalue weighted by Crippen LogP contribution is 2.32. The molecule has 0 saturated carbocycles. The van der Waals surface area contributed by atoms with E-state index in [1.165, 1.54) is 0 Å².